The quantitative estimate of drug-likeness (QED) is 0.420. The number of pyridine rings is 1. The molecule has 0 aliphatic rings. The first-order chi connectivity index (χ1) is 15.4. The number of aromatic nitrogens is 1. The van der Waals surface area contributed by atoms with Gasteiger partial charge in [0.05, 0.1) is 24.3 Å². The first-order valence-electron chi connectivity index (χ1n) is 10.6. The smallest absolute Gasteiger partial charge is 0.271 e. The standard InChI is InChI=1S/C26H26N2O4/c1-4-5-14-32-22-9-7-6-8-20(22)24(29)23-18(3)21(15-27)25(30)28(26(23)31)16-19-12-10-17(2)11-13-19/h6-13,31H,4-5,14,16H2,1-3H3. The van der Waals surface area contributed by atoms with Gasteiger partial charge in [-0.1, -0.05) is 55.3 Å². The Hall–Kier alpha value is -3.85. The summed E-state index contributed by atoms with van der Waals surface area (Å²) >= 11 is 0. The highest BCUT2D eigenvalue weighted by atomic mass is 16.5. The predicted molar refractivity (Wildman–Crippen MR) is 122 cm³/mol. The van der Waals surface area contributed by atoms with Gasteiger partial charge >= 0.3 is 0 Å². The molecule has 2 aromatic carbocycles. The van der Waals surface area contributed by atoms with Crippen LogP contribution >= 0.6 is 0 Å². The number of unbranched alkanes of at least 4 members (excludes halogenated alkanes) is 1. The number of hydrogen-bond donors (Lipinski definition) is 1. The maximum absolute atomic E-state index is 13.5. The monoisotopic (exact) mass is 430 g/mol. The fourth-order valence-corrected chi connectivity index (χ4v) is 3.49. The molecule has 3 rings (SSSR count). The fraction of sp³-hybridized carbons (Fsp3) is 0.269. The minimum Gasteiger partial charge on any atom is -0.494 e. The van der Waals surface area contributed by atoms with E-state index in [0.717, 1.165) is 28.5 Å². The molecule has 0 bridgehead atoms. The molecule has 0 unspecified atom stereocenters. The predicted octanol–water partition coefficient (Wildman–Crippen LogP) is 4.50. The summed E-state index contributed by atoms with van der Waals surface area (Å²) in [4.78, 5) is 26.4. The Morgan fingerprint density at radius 1 is 1.12 bits per heavy atom. The minimum absolute atomic E-state index is 0.0365. The lowest BCUT2D eigenvalue weighted by Gasteiger charge is -2.17. The topological polar surface area (TPSA) is 92.3 Å². The summed E-state index contributed by atoms with van der Waals surface area (Å²) in [5.41, 5.74) is 1.38. The Morgan fingerprint density at radius 2 is 1.81 bits per heavy atom. The Balaban J connectivity index is 2.13. The minimum atomic E-state index is -0.632. The second-order valence-electron chi connectivity index (χ2n) is 7.71. The number of nitriles is 1. The number of para-hydroxylation sites is 1. The molecule has 6 heteroatoms. The number of aryl methyl sites for hydroxylation is 1. The van der Waals surface area contributed by atoms with Crippen LogP contribution in [-0.4, -0.2) is 22.1 Å². The van der Waals surface area contributed by atoms with Gasteiger partial charge in [-0.25, -0.2) is 0 Å². The van der Waals surface area contributed by atoms with Crippen LogP contribution in [0.25, 0.3) is 0 Å². The van der Waals surface area contributed by atoms with Crippen LogP contribution in [-0.2, 0) is 6.54 Å². The molecule has 0 spiro atoms. The molecule has 0 atom stereocenters. The first kappa shape index (κ1) is 22.8. The largest absolute Gasteiger partial charge is 0.494 e. The van der Waals surface area contributed by atoms with Gasteiger partial charge in [0.25, 0.3) is 5.56 Å². The van der Waals surface area contributed by atoms with E-state index in [9.17, 15) is 20.0 Å². The van der Waals surface area contributed by atoms with Crippen LogP contribution in [0.3, 0.4) is 0 Å². The van der Waals surface area contributed by atoms with E-state index >= 15 is 0 Å². The number of hydrogen-bond acceptors (Lipinski definition) is 5. The Labute approximate surface area is 187 Å². The van der Waals surface area contributed by atoms with E-state index in [-0.39, 0.29) is 28.8 Å². The van der Waals surface area contributed by atoms with Crippen molar-refractivity contribution in [2.24, 2.45) is 0 Å². The molecule has 0 saturated heterocycles. The SMILES string of the molecule is CCCCOc1ccccc1C(=O)c1c(C)c(C#N)c(=O)n(Cc2ccc(C)cc2)c1O. The van der Waals surface area contributed by atoms with Gasteiger partial charge in [0.15, 0.2) is 0 Å². The van der Waals surface area contributed by atoms with Gasteiger partial charge in [-0.3, -0.25) is 14.2 Å². The summed E-state index contributed by atoms with van der Waals surface area (Å²) in [6.45, 7) is 5.99. The fourth-order valence-electron chi connectivity index (χ4n) is 3.49. The third kappa shape index (κ3) is 4.57. The molecule has 3 aromatic rings. The van der Waals surface area contributed by atoms with E-state index in [1.54, 1.807) is 24.3 Å². The summed E-state index contributed by atoms with van der Waals surface area (Å²) < 4.78 is 6.85. The normalized spacial score (nSPS) is 10.6. The van der Waals surface area contributed by atoms with Crippen LogP contribution in [0.4, 0.5) is 0 Å². The number of carbonyl (C=O) groups excluding carboxylic acids is 1. The third-order valence-electron chi connectivity index (χ3n) is 5.38. The van der Waals surface area contributed by atoms with Crippen LogP contribution in [0.2, 0.25) is 0 Å². The number of ketones is 1. The molecular formula is C26H26N2O4. The van der Waals surface area contributed by atoms with E-state index in [4.69, 9.17) is 4.74 Å². The van der Waals surface area contributed by atoms with Crippen molar-refractivity contribution in [1.29, 1.82) is 5.26 Å². The molecule has 164 valence electrons. The molecule has 0 aliphatic carbocycles. The first-order valence-corrected chi connectivity index (χ1v) is 10.6. The molecule has 1 N–H and O–H groups in total. The summed E-state index contributed by atoms with van der Waals surface area (Å²) in [6, 6.07) is 16.2. The van der Waals surface area contributed by atoms with Crippen LogP contribution in [0, 0.1) is 25.2 Å². The van der Waals surface area contributed by atoms with Crippen molar-refractivity contribution < 1.29 is 14.6 Å². The molecule has 6 nitrogen and oxygen atoms in total. The van der Waals surface area contributed by atoms with Crippen molar-refractivity contribution >= 4 is 5.78 Å². The molecule has 0 fully saturated rings. The molecule has 0 amide bonds. The van der Waals surface area contributed by atoms with Crippen molar-refractivity contribution in [1.82, 2.24) is 4.57 Å². The van der Waals surface area contributed by atoms with E-state index in [2.05, 4.69) is 0 Å². The molecular weight excluding hydrogens is 404 g/mol. The highest BCUT2D eigenvalue weighted by Gasteiger charge is 2.26. The van der Waals surface area contributed by atoms with Crippen molar-refractivity contribution in [3.63, 3.8) is 0 Å². The van der Waals surface area contributed by atoms with Gasteiger partial charge in [-0.2, -0.15) is 5.26 Å². The average molecular weight is 431 g/mol. The van der Waals surface area contributed by atoms with Gasteiger partial charge in [0, 0.05) is 0 Å². The van der Waals surface area contributed by atoms with Crippen LogP contribution in [0.5, 0.6) is 11.6 Å². The molecule has 1 heterocycles. The van der Waals surface area contributed by atoms with E-state index in [1.807, 2.05) is 44.2 Å². The van der Waals surface area contributed by atoms with Gasteiger partial charge in [-0.15, -0.1) is 0 Å². The van der Waals surface area contributed by atoms with Crippen molar-refractivity contribution in [3.8, 4) is 17.7 Å². The van der Waals surface area contributed by atoms with E-state index < -0.39 is 17.2 Å². The zero-order valence-electron chi connectivity index (χ0n) is 18.5. The summed E-state index contributed by atoms with van der Waals surface area (Å²) in [5, 5.41) is 20.6. The highest BCUT2D eigenvalue weighted by Crippen LogP contribution is 2.29. The lowest BCUT2D eigenvalue weighted by Crippen LogP contribution is -2.27. The summed E-state index contributed by atoms with van der Waals surface area (Å²) in [6.07, 6.45) is 1.79. The lowest BCUT2D eigenvalue weighted by atomic mass is 9.96. The van der Waals surface area contributed by atoms with Crippen LogP contribution < -0.4 is 10.3 Å². The average Bonchev–Trinajstić information content (AvgIpc) is 2.78. The number of aromatic hydroxyl groups is 1. The Bertz CT molecular complexity index is 1230. The van der Waals surface area contributed by atoms with Crippen molar-refractivity contribution in [2.75, 3.05) is 6.61 Å². The van der Waals surface area contributed by atoms with E-state index in [1.165, 1.54) is 6.92 Å². The van der Waals surface area contributed by atoms with Crippen molar-refractivity contribution in [3.05, 3.63) is 92.3 Å². The number of nitrogens with zero attached hydrogens (tertiary/aromatic N) is 2. The molecule has 32 heavy (non-hydrogen) atoms. The van der Waals surface area contributed by atoms with Crippen LogP contribution in [0.1, 0.15) is 57.9 Å². The molecule has 0 aliphatic heterocycles. The number of carbonyl (C=O) groups is 1. The number of ether oxygens (including phenoxy) is 1. The third-order valence-corrected chi connectivity index (χ3v) is 5.38. The number of benzene rings is 2. The van der Waals surface area contributed by atoms with Gasteiger partial charge in [-0.05, 0) is 43.5 Å². The zero-order chi connectivity index (χ0) is 23.3. The molecule has 0 radical (unpaired) electrons. The second kappa shape index (κ2) is 9.97. The zero-order valence-corrected chi connectivity index (χ0v) is 18.5. The van der Waals surface area contributed by atoms with Gasteiger partial charge in [0.2, 0.25) is 11.7 Å². The maximum Gasteiger partial charge on any atom is 0.271 e. The maximum atomic E-state index is 13.5. The van der Waals surface area contributed by atoms with Crippen molar-refractivity contribution in [2.45, 2.75) is 40.2 Å². The Kier molecular flexibility index (Phi) is 7.11. The van der Waals surface area contributed by atoms with E-state index in [0.29, 0.717) is 12.4 Å². The highest BCUT2D eigenvalue weighted by molar-refractivity contribution is 6.13. The lowest BCUT2D eigenvalue weighted by molar-refractivity contribution is 0.103. The van der Waals surface area contributed by atoms with Crippen LogP contribution in [0.15, 0.2) is 53.3 Å². The van der Waals surface area contributed by atoms with Gasteiger partial charge in [0.1, 0.15) is 17.4 Å². The molecule has 0 saturated carbocycles. The van der Waals surface area contributed by atoms with Gasteiger partial charge < -0.3 is 9.84 Å². The molecule has 1 aromatic heterocycles. The Morgan fingerprint density at radius 3 is 2.47 bits per heavy atom. The second-order valence-corrected chi connectivity index (χ2v) is 7.71. The summed E-state index contributed by atoms with van der Waals surface area (Å²) in [7, 11) is 0. The number of rotatable bonds is 8. The summed E-state index contributed by atoms with van der Waals surface area (Å²) in [5.74, 6) is -0.554.